The number of piperidine rings is 1. The van der Waals surface area contributed by atoms with Gasteiger partial charge in [-0.1, -0.05) is 12.1 Å². The maximum atomic E-state index is 13.9. The van der Waals surface area contributed by atoms with Gasteiger partial charge in [0.25, 0.3) is 5.91 Å². The molecular weight excluding hydrogens is 467 g/mol. The van der Waals surface area contributed by atoms with Crippen LogP contribution in [-0.2, 0) is 4.79 Å². The molecule has 0 radical (unpaired) electrons. The molecule has 3 heterocycles. The lowest BCUT2D eigenvalue weighted by Crippen LogP contribution is -2.44. The summed E-state index contributed by atoms with van der Waals surface area (Å²) in [5, 5.41) is 0. The summed E-state index contributed by atoms with van der Waals surface area (Å²) < 4.78 is 42.4. The Morgan fingerprint density at radius 1 is 0.806 bits per heavy atom. The number of hydrogen-bond donors (Lipinski definition) is 0. The van der Waals surface area contributed by atoms with E-state index in [1.54, 1.807) is 4.90 Å². The van der Waals surface area contributed by atoms with Gasteiger partial charge in [-0.05, 0) is 67.2 Å². The van der Waals surface area contributed by atoms with Gasteiger partial charge in [-0.25, -0.2) is 13.2 Å². The van der Waals surface area contributed by atoms with Gasteiger partial charge in [0, 0.05) is 50.2 Å². The molecule has 186 valence electrons. The first-order valence-electron chi connectivity index (χ1n) is 12.0. The van der Waals surface area contributed by atoms with Crippen molar-refractivity contribution in [2.75, 3.05) is 26.2 Å². The van der Waals surface area contributed by atoms with E-state index in [1.807, 2.05) is 58.3 Å². The molecule has 2 aliphatic rings. The molecule has 1 spiro atoms. The number of benzene rings is 2. The van der Waals surface area contributed by atoms with E-state index in [2.05, 4.69) is 0 Å². The number of halogens is 3. The minimum absolute atomic E-state index is 0.00318. The van der Waals surface area contributed by atoms with Crippen LogP contribution >= 0.6 is 0 Å². The number of para-hydroxylation sites is 1. The molecule has 2 aliphatic heterocycles. The topological polar surface area (TPSA) is 45.6 Å². The fraction of sp³-hybridized carbons (Fsp3) is 0.286. The molecule has 8 heteroatoms. The lowest BCUT2D eigenvalue weighted by atomic mass is 9.77. The molecule has 0 bridgehead atoms. The zero-order valence-corrected chi connectivity index (χ0v) is 19.7. The molecule has 1 aromatic heterocycles. The molecule has 2 aromatic carbocycles. The molecule has 5 nitrogen and oxygen atoms in total. The average Bonchev–Trinajstić information content (AvgIpc) is 3.58. The van der Waals surface area contributed by atoms with Crippen LogP contribution in [0.2, 0.25) is 0 Å². The van der Waals surface area contributed by atoms with E-state index >= 15 is 0 Å². The zero-order chi connectivity index (χ0) is 25.3. The molecule has 36 heavy (non-hydrogen) atoms. The number of rotatable bonds is 4. The van der Waals surface area contributed by atoms with Gasteiger partial charge in [-0.3, -0.25) is 9.59 Å². The van der Waals surface area contributed by atoms with Crippen LogP contribution in [0.25, 0.3) is 11.8 Å². The third kappa shape index (κ3) is 4.55. The summed E-state index contributed by atoms with van der Waals surface area (Å²) in [6.07, 6.45) is 8.60. The van der Waals surface area contributed by atoms with Crippen LogP contribution in [0.3, 0.4) is 0 Å². The molecule has 3 aromatic rings. The van der Waals surface area contributed by atoms with Crippen molar-refractivity contribution in [3.63, 3.8) is 0 Å². The molecule has 0 unspecified atom stereocenters. The summed E-state index contributed by atoms with van der Waals surface area (Å²) >= 11 is 0. The van der Waals surface area contributed by atoms with Crippen LogP contribution < -0.4 is 0 Å². The van der Waals surface area contributed by atoms with Crippen LogP contribution in [0.1, 0.15) is 35.2 Å². The van der Waals surface area contributed by atoms with Gasteiger partial charge in [0.1, 0.15) is 0 Å². The molecular formula is C28H26F3N3O2. The first kappa shape index (κ1) is 23.9. The minimum Gasteiger partial charge on any atom is -0.339 e. The number of carbonyl (C=O) groups is 2. The van der Waals surface area contributed by atoms with Crippen molar-refractivity contribution in [2.24, 2.45) is 5.41 Å². The number of nitrogens with zero attached hydrogens (tertiary/aromatic N) is 3. The first-order chi connectivity index (χ1) is 17.4. The smallest absolute Gasteiger partial charge is 0.255 e. The summed E-state index contributed by atoms with van der Waals surface area (Å²) in [5.74, 6) is -4.43. The Hall–Kier alpha value is -3.81. The molecule has 0 aliphatic carbocycles. The second-order valence-corrected chi connectivity index (χ2v) is 9.51. The van der Waals surface area contributed by atoms with Crippen molar-refractivity contribution in [3.8, 4) is 5.69 Å². The summed E-state index contributed by atoms with van der Waals surface area (Å²) in [4.78, 5) is 29.6. The predicted octanol–water partition coefficient (Wildman–Crippen LogP) is 5.06. The Kier molecular flexibility index (Phi) is 6.43. The Bertz CT molecular complexity index is 1310. The van der Waals surface area contributed by atoms with Crippen molar-refractivity contribution in [3.05, 3.63) is 95.6 Å². The molecule has 0 atom stereocenters. The van der Waals surface area contributed by atoms with Crippen molar-refractivity contribution >= 4 is 17.9 Å². The van der Waals surface area contributed by atoms with Gasteiger partial charge in [0.2, 0.25) is 5.91 Å². The lowest BCUT2D eigenvalue weighted by Gasteiger charge is -2.39. The fourth-order valence-corrected chi connectivity index (χ4v) is 5.20. The van der Waals surface area contributed by atoms with E-state index in [-0.39, 0.29) is 22.8 Å². The van der Waals surface area contributed by atoms with E-state index in [0.29, 0.717) is 31.7 Å². The average molecular weight is 494 g/mol. The van der Waals surface area contributed by atoms with Crippen LogP contribution in [0.4, 0.5) is 13.2 Å². The number of carbonyl (C=O) groups excluding carboxylic acids is 2. The van der Waals surface area contributed by atoms with E-state index in [0.717, 1.165) is 37.1 Å². The predicted molar refractivity (Wildman–Crippen MR) is 130 cm³/mol. The summed E-state index contributed by atoms with van der Waals surface area (Å²) in [7, 11) is 0. The van der Waals surface area contributed by atoms with E-state index in [1.165, 1.54) is 12.2 Å². The highest BCUT2D eigenvalue weighted by molar-refractivity contribution is 5.98. The van der Waals surface area contributed by atoms with Gasteiger partial charge < -0.3 is 14.4 Å². The van der Waals surface area contributed by atoms with Crippen molar-refractivity contribution in [2.45, 2.75) is 19.3 Å². The largest absolute Gasteiger partial charge is 0.339 e. The van der Waals surface area contributed by atoms with Gasteiger partial charge in [0.15, 0.2) is 17.5 Å². The lowest BCUT2D eigenvalue weighted by molar-refractivity contribution is -0.125. The SMILES string of the molecule is O=C(C=Cc1ccc(F)c(F)c1F)N1CCC2(CCN(C(=O)c3ccccc3-n3cccc3)CC2)C1. The van der Waals surface area contributed by atoms with E-state index in [4.69, 9.17) is 0 Å². The fourth-order valence-electron chi connectivity index (χ4n) is 5.20. The van der Waals surface area contributed by atoms with Crippen LogP contribution in [0.15, 0.2) is 67.0 Å². The third-order valence-electron chi connectivity index (χ3n) is 7.35. The maximum absolute atomic E-state index is 13.9. The maximum Gasteiger partial charge on any atom is 0.255 e. The second-order valence-electron chi connectivity index (χ2n) is 9.51. The Morgan fingerprint density at radius 2 is 1.47 bits per heavy atom. The van der Waals surface area contributed by atoms with Gasteiger partial charge >= 0.3 is 0 Å². The zero-order valence-electron chi connectivity index (χ0n) is 19.7. The van der Waals surface area contributed by atoms with Gasteiger partial charge in [-0.2, -0.15) is 0 Å². The molecule has 0 saturated carbocycles. The number of amides is 2. The molecule has 2 amide bonds. The van der Waals surface area contributed by atoms with Gasteiger partial charge in [-0.15, -0.1) is 0 Å². The normalized spacial score (nSPS) is 17.3. The Morgan fingerprint density at radius 3 is 2.19 bits per heavy atom. The molecule has 5 rings (SSSR count). The summed E-state index contributed by atoms with van der Waals surface area (Å²) in [6.45, 7) is 2.33. The molecule has 2 fully saturated rings. The van der Waals surface area contributed by atoms with Crippen LogP contribution in [0.5, 0.6) is 0 Å². The highest BCUT2D eigenvalue weighted by Gasteiger charge is 2.42. The number of hydrogen-bond acceptors (Lipinski definition) is 2. The summed E-state index contributed by atoms with van der Waals surface area (Å²) in [6, 6.07) is 13.3. The monoisotopic (exact) mass is 493 g/mol. The molecule has 0 N–H and O–H groups in total. The quantitative estimate of drug-likeness (QED) is 0.377. The van der Waals surface area contributed by atoms with Gasteiger partial charge in [0.05, 0.1) is 11.3 Å². The van der Waals surface area contributed by atoms with Crippen molar-refractivity contribution in [1.82, 2.24) is 14.4 Å². The first-order valence-corrected chi connectivity index (χ1v) is 12.0. The van der Waals surface area contributed by atoms with Crippen molar-refractivity contribution < 1.29 is 22.8 Å². The highest BCUT2D eigenvalue weighted by atomic mass is 19.2. The minimum atomic E-state index is -1.55. The Balaban J connectivity index is 1.21. The van der Waals surface area contributed by atoms with E-state index in [9.17, 15) is 22.8 Å². The van der Waals surface area contributed by atoms with Crippen LogP contribution in [0, 0.1) is 22.9 Å². The molecule has 2 saturated heterocycles. The number of aromatic nitrogens is 1. The summed E-state index contributed by atoms with van der Waals surface area (Å²) in [5.41, 5.74) is 1.26. The number of likely N-dealkylation sites (tertiary alicyclic amines) is 2. The second kappa shape index (κ2) is 9.68. The Labute approximate surface area is 207 Å². The highest BCUT2D eigenvalue weighted by Crippen LogP contribution is 2.41. The van der Waals surface area contributed by atoms with Crippen molar-refractivity contribution in [1.29, 1.82) is 0 Å². The van der Waals surface area contributed by atoms with E-state index < -0.39 is 17.5 Å². The van der Waals surface area contributed by atoms with Crippen LogP contribution in [-0.4, -0.2) is 52.4 Å². The standard InChI is InChI=1S/C28H26F3N3O2/c29-22-9-7-20(25(30)26(22)31)8-10-24(35)34-18-13-28(19-34)11-16-33(17-12-28)27(36)21-5-1-2-6-23(21)32-14-3-4-15-32/h1-10,14-15H,11-13,16-19H2. The third-order valence-corrected chi connectivity index (χ3v) is 7.35.